The van der Waals surface area contributed by atoms with E-state index in [1.54, 1.807) is 11.8 Å². The third-order valence-electron chi connectivity index (χ3n) is 3.65. The molecule has 1 fully saturated rings. The highest BCUT2D eigenvalue weighted by atomic mass is 32.2. The fourth-order valence-corrected chi connectivity index (χ4v) is 3.42. The number of nitrogens with zero attached hydrogens (tertiary/aromatic N) is 1. The van der Waals surface area contributed by atoms with E-state index in [9.17, 15) is 0 Å². The summed E-state index contributed by atoms with van der Waals surface area (Å²) in [4.78, 5) is 3.73. The van der Waals surface area contributed by atoms with E-state index in [4.69, 9.17) is 10.5 Å². The smallest absolute Gasteiger partial charge is 0.0750 e. The van der Waals surface area contributed by atoms with Crippen molar-refractivity contribution in [2.75, 3.05) is 30.9 Å². The summed E-state index contributed by atoms with van der Waals surface area (Å²) in [6.07, 6.45) is 4.84. The van der Waals surface area contributed by atoms with Crippen molar-refractivity contribution in [3.63, 3.8) is 0 Å². The number of anilines is 1. The molecule has 1 unspecified atom stereocenters. The quantitative estimate of drug-likeness (QED) is 0.842. The van der Waals surface area contributed by atoms with Crippen LogP contribution >= 0.6 is 11.8 Å². The maximum Gasteiger partial charge on any atom is 0.0750 e. The Kier molecular flexibility index (Phi) is 5.55. The monoisotopic (exact) mass is 280 g/mol. The molecule has 0 aromatic heterocycles. The Hall–Kier alpha value is -0.710. The van der Waals surface area contributed by atoms with Crippen LogP contribution in [0.3, 0.4) is 0 Å². The van der Waals surface area contributed by atoms with Crippen molar-refractivity contribution < 1.29 is 4.74 Å². The minimum atomic E-state index is 0.363. The predicted molar refractivity (Wildman–Crippen MR) is 83.0 cm³/mol. The van der Waals surface area contributed by atoms with Gasteiger partial charge in [0.25, 0.3) is 0 Å². The Labute approximate surface area is 120 Å². The molecule has 0 bridgehead atoms. The fourth-order valence-electron chi connectivity index (χ4n) is 2.78. The summed E-state index contributed by atoms with van der Waals surface area (Å²) in [5.74, 6) is 0. The van der Waals surface area contributed by atoms with Gasteiger partial charge in [-0.1, -0.05) is 6.07 Å². The number of hydrogen-bond acceptors (Lipinski definition) is 4. The summed E-state index contributed by atoms with van der Waals surface area (Å²) in [5, 5.41) is 0. The number of rotatable bonds is 5. The van der Waals surface area contributed by atoms with Crippen LogP contribution in [0, 0.1) is 0 Å². The van der Waals surface area contributed by atoms with Gasteiger partial charge in [-0.05, 0) is 38.2 Å². The third-order valence-corrected chi connectivity index (χ3v) is 4.48. The molecule has 0 aliphatic carbocycles. The molecular weight excluding hydrogens is 256 g/mol. The minimum absolute atomic E-state index is 0.363. The molecule has 1 aromatic carbocycles. The molecule has 2 N–H and O–H groups in total. The highest BCUT2D eigenvalue weighted by Crippen LogP contribution is 2.31. The van der Waals surface area contributed by atoms with Gasteiger partial charge in [0, 0.05) is 42.4 Å². The van der Waals surface area contributed by atoms with Gasteiger partial charge in [-0.2, -0.15) is 0 Å². The fraction of sp³-hybridized carbons (Fsp3) is 0.600. The molecule has 0 amide bonds. The van der Waals surface area contributed by atoms with Crippen LogP contribution in [0.4, 0.5) is 5.69 Å². The Morgan fingerprint density at radius 1 is 1.47 bits per heavy atom. The van der Waals surface area contributed by atoms with Crippen LogP contribution in [-0.4, -0.2) is 32.1 Å². The molecule has 4 heteroatoms. The zero-order valence-corrected chi connectivity index (χ0v) is 12.7. The molecule has 1 aromatic rings. The van der Waals surface area contributed by atoms with Crippen molar-refractivity contribution >= 4 is 17.4 Å². The first-order valence-electron chi connectivity index (χ1n) is 7.02. The van der Waals surface area contributed by atoms with Gasteiger partial charge >= 0.3 is 0 Å². The number of hydrogen-bond donors (Lipinski definition) is 1. The average molecular weight is 280 g/mol. The van der Waals surface area contributed by atoms with Crippen LogP contribution in [0.25, 0.3) is 0 Å². The first-order chi connectivity index (χ1) is 9.30. The maximum atomic E-state index is 5.96. The van der Waals surface area contributed by atoms with Gasteiger partial charge in [-0.15, -0.1) is 11.8 Å². The van der Waals surface area contributed by atoms with Gasteiger partial charge in [-0.3, -0.25) is 0 Å². The number of piperidine rings is 1. The lowest BCUT2D eigenvalue weighted by molar-refractivity contribution is 0.0526. The second-order valence-corrected chi connectivity index (χ2v) is 5.68. The number of nitrogens with two attached hydrogens (primary N) is 1. The second kappa shape index (κ2) is 7.17. The SMILES string of the molecule is CCOC1CCCN(c2cccc(SC)c2CN)C1. The third kappa shape index (κ3) is 3.44. The Morgan fingerprint density at radius 3 is 3.00 bits per heavy atom. The Balaban J connectivity index is 2.20. The van der Waals surface area contributed by atoms with Crippen molar-refractivity contribution in [3.05, 3.63) is 23.8 Å². The Bertz CT molecular complexity index is 409. The van der Waals surface area contributed by atoms with Gasteiger partial charge in [0.2, 0.25) is 0 Å². The largest absolute Gasteiger partial charge is 0.377 e. The number of benzene rings is 1. The topological polar surface area (TPSA) is 38.5 Å². The van der Waals surface area contributed by atoms with Gasteiger partial charge in [-0.25, -0.2) is 0 Å². The molecule has 0 radical (unpaired) electrons. The Morgan fingerprint density at radius 2 is 2.32 bits per heavy atom. The summed E-state index contributed by atoms with van der Waals surface area (Å²) in [6, 6.07) is 6.47. The molecule has 3 nitrogen and oxygen atoms in total. The molecule has 1 aliphatic heterocycles. The average Bonchev–Trinajstić information content (AvgIpc) is 2.47. The summed E-state index contributed by atoms with van der Waals surface area (Å²) < 4.78 is 5.79. The standard InChI is InChI=1S/C15H24N2OS/c1-3-18-12-6-5-9-17(11-12)14-7-4-8-15(19-2)13(14)10-16/h4,7-8,12H,3,5-6,9-11,16H2,1-2H3. The molecule has 1 atom stereocenters. The van der Waals surface area contributed by atoms with Crippen molar-refractivity contribution in [2.24, 2.45) is 5.73 Å². The van der Waals surface area contributed by atoms with Crippen LogP contribution in [0.2, 0.25) is 0 Å². The van der Waals surface area contributed by atoms with E-state index in [0.717, 1.165) is 19.7 Å². The molecular formula is C15H24N2OS. The number of thioether (sulfide) groups is 1. The summed E-state index contributed by atoms with van der Waals surface area (Å²) >= 11 is 1.77. The van der Waals surface area contributed by atoms with Crippen LogP contribution in [-0.2, 0) is 11.3 Å². The van der Waals surface area contributed by atoms with E-state index < -0.39 is 0 Å². The van der Waals surface area contributed by atoms with E-state index in [2.05, 4.69) is 36.3 Å². The second-order valence-electron chi connectivity index (χ2n) is 4.83. The lowest BCUT2D eigenvalue weighted by atomic mass is 10.0. The molecule has 2 rings (SSSR count). The van der Waals surface area contributed by atoms with E-state index in [-0.39, 0.29) is 0 Å². The van der Waals surface area contributed by atoms with Crippen molar-refractivity contribution in [1.29, 1.82) is 0 Å². The highest BCUT2D eigenvalue weighted by Gasteiger charge is 2.22. The van der Waals surface area contributed by atoms with Crippen LogP contribution in [0.15, 0.2) is 23.1 Å². The van der Waals surface area contributed by atoms with Crippen molar-refractivity contribution in [3.8, 4) is 0 Å². The van der Waals surface area contributed by atoms with Crippen molar-refractivity contribution in [1.82, 2.24) is 0 Å². The predicted octanol–water partition coefficient (Wildman–Crippen LogP) is 2.87. The molecule has 19 heavy (non-hydrogen) atoms. The van der Waals surface area contributed by atoms with Crippen molar-refractivity contribution in [2.45, 2.75) is 37.3 Å². The lowest BCUT2D eigenvalue weighted by Crippen LogP contribution is -2.40. The number of ether oxygens (including phenoxy) is 1. The van der Waals surface area contributed by atoms with Crippen LogP contribution in [0.1, 0.15) is 25.3 Å². The first-order valence-corrected chi connectivity index (χ1v) is 8.25. The maximum absolute atomic E-state index is 5.96. The van der Waals surface area contributed by atoms with Crippen LogP contribution < -0.4 is 10.6 Å². The van der Waals surface area contributed by atoms with Gasteiger partial charge in [0.1, 0.15) is 0 Å². The van der Waals surface area contributed by atoms with E-state index in [1.165, 1.54) is 29.0 Å². The molecule has 1 aliphatic rings. The molecule has 0 saturated carbocycles. The highest BCUT2D eigenvalue weighted by molar-refractivity contribution is 7.98. The molecule has 1 saturated heterocycles. The van der Waals surface area contributed by atoms with Crippen LogP contribution in [0.5, 0.6) is 0 Å². The zero-order valence-electron chi connectivity index (χ0n) is 11.9. The normalized spacial score (nSPS) is 19.7. The van der Waals surface area contributed by atoms with E-state index in [1.807, 2.05) is 0 Å². The molecule has 106 valence electrons. The lowest BCUT2D eigenvalue weighted by Gasteiger charge is -2.35. The zero-order chi connectivity index (χ0) is 13.7. The van der Waals surface area contributed by atoms with Gasteiger partial charge < -0.3 is 15.4 Å². The van der Waals surface area contributed by atoms with E-state index >= 15 is 0 Å². The van der Waals surface area contributed by atoms with Gasteiger partial charge in [0.05, 0.1) is 6.10 Å². The summed E-state index contributed by atoms with van der Waals surface area (Å²) in [6.45, 7) is 5.56. The van der Waals surface area contributed by atoms with E-state index in [0.29, 0.717) is 12.6 Å². The molecule has 0 spiro atoms. The first kappa shape index (κ1) is 14.7. The summed E-state index contributed by atoms with van der Waals surface area (Å²) in [5.41, 5.74) is 8.52. The summed E-state index contributed by atoms with van der Waals surface area (Å²) in [7, 11) is 0. The van der Waals surface area contributed by atoms with Gasteiger partial charge in [0.15, 0.2) is 0 Å². The molecule has 1 heterocycles. The minimum Gasteiger partial charge on any atom is -0.377 e.